The summed E-state index contributed by atoms with van der Waals surface area (Å²) in [6, 6.07) is 3.17. The number of anilines is 1. The minimum absolute atomic E-state index is 0.00234. The zero-order valence-electron chi connectivity index (χ0n) is 14.4. The number of aryl methyl sites for hydroxylation is 1. The molecule has 0 aliphatic carbocycles. The zero-order valence-corrected chi connectivity index (χ0v) is 15.3. The normalized spacial score (nSPS) is 13.2. The number of carbonyl (C=O) groups is 1. The number of benzene rings is 1. The predicted octanol–water partition coefficient (Wildman–Crippen LogP) is 1.91. The quantitative estimate of drug-likeness (QED) is 0.705. The summed E-state index contributed by atoms with van der Waals surface area (Å²) < 4.78 is 23.0. The molecule has 23 heavy (non-hydrogen) atoms. The fourth-order valence-electron chi connectivity index (χ4n) is 2.39. The Bertz CT molecular complexity index is 669. The van der Waals surface area contributed by atoms with Gasteiger partial charge in [0.15, 0.2) is 0 Å². The van der Waals surface area contributed by atoms with Crippen molar-refractivity contribution in [2.24, 2.45) is 11.1 Å². The summed E-state index contributed by atoms with van der Waals surface area (Å²) in [5.74, 6) is 0.223. The van der Waals surface area contributed by atoms with Crippen LogP contribution in [0.5, 0.6) is 0 Å². The van der Waals surface area contributed by atoms with Gasteiger partial charge >= 0.3 is 0 Å². The van der Waals surface area contributed by atoms with Gasteiger partial charge in [0.05, 0.1) is 11.4 Å². The molecular formula is C16H27N3O3S. The Morgan fingerprint density at radius 2 is 1.87 bits per heavy atom. The van der Waals surface area contributed by atoms with Gasteiger partial charge in [0.1, 0.15) is 0 Å². The maximum atomic E-state index is 12.1. The van der Waals surface area contributed by atoms with E-state index in [4.69, 9.17) is 5.14 Å². The van der Waals surface area contributed by atoms with E-state index in [1.54, 1.807) is 6.92 Å². The average molecular weight is 341 g/mol. The molecule has 0 saturated heterocycles. The van der Waals surface area contributed by atoms with Crippen LogP contribution in [0.1, 0.15) is 38.3 Å². The highest BCUT2D eigenvalue weighted by Crippen LogP contribution is 2.23. The van der Waals surface area contributed by atoms with Gasteiger partial charge in [-0.25, -0.2) is 13.6 Å². The number of primary sulfonamides is 1. The maximum absolute atomic E-state index is 12.1. The highest BCUT2D eigenvalue weighted by Gasteiger charge is 2.15. The molecular weight excluding hydrogens is 314 g/mol. The number of amides is 1. The third kappa shape index (κ3) is 5.60. The molecule has 0 radical (unpaired) electrons. The van der Waals surface area contributed by atoms with Crippen LogP contribution in [0, 0.1) is 19.8 Å². The van der Waals surface area contributed by atoms with Crippen LogP contribution in [-0.4, -0.2) is 26.9 Å². The lowest BCUT2D eigenvalue weighted by atomic mass is 10.0. The van der Waals surface area contributed by atoms with Crippen LogP contribution in [0.15, 0.2) is 17.0 Å². The first-order chi connectivity index (χ1) is 10.6. The van der Waals surface area contributed by atoms with Gasteiger partial charge in [-0.2, -0.15) is 0 Å². The van der Waals surface area contributed by atoms with Gasteiger partial charge in [-0.3, -0.25) is 4.79 Å². The first kappa shape index (κ1) is 19.6. The fraction of sp³-hybridized carbons (Fsp3) is 0.562. The van der Waals surface area contributed by atoms with E-state index >= 15 is 0 Å². The second kappa shape index (κ2) is 7.90. The predicted molar refractivity (Wildman–Crippen MR) is 92.8 cm³/mol. The van der Waals surface area contributed by atoms with Crippen molar-refractivity contribution in [3.8, 4) is 0 Å². The van der Waals surface area contributed by atoms with Gasteiger partial charge in [0.25, 0.3) is 0 Å². The average Bonchev–Trinajstić information content (AvgIpc) is 2.42. The molecule has 0 aliphatic rings. The maximum Gasteiger partial charge on any atom is 0.238 e. The summed E-state index contributed by atoms with van der Waals surface area (Å²) in [4.78, 5) is 12.1. The molecule has 0 unspecified atom stereocenters. The first-order valence-electron chi connectivity index (χ1n) is 7.73. The van der Waals surface area contributed by atoms with Crippen molar-refractivity contribution < 1.29 is 13.2 Å². The van der Waals surface area contributed by atoms with Gasteiger partial charge < -0.3 is 10.6 Å². The van der Waals surface area contributed by atoms with Crippen LogP contribution in [-0.2, 0) is 14.8 Å². The summed E-state index contributed by atoms with van der Waals surface area (Å²) in [5, 5.41) is 11.1. The lowest BCUT2D eigenvalue weighted by Gasteiger charge is -2.20. The second-order valence-electron chi connectivity index (χ2n) is 6.15. The van der Waals surface area contributed by atoms with Crippen molar-refractivity contribution in [1.82, 2.24) is 5.32 Å². The van der Waals surface area contributed by atoms with Gasteiger partial charge in [-0.15, -0.1) is 0 Å². The molecule has 1 aromatic carbocycles. The van der Waals surface area contributed by atoms with E-state index in [9.17, 15) is 13.2 Å². The largest absolute Gasteiger partial charge is 0.325 e. The summed E-state index contributed by atoms with van der Waals surface area (Å²) >= 11 is 0. The van der Waals surface area contributed by atoms with E-state index in [1.807, 2.05) is 6.92 Å². The summed E-state index contributed by atoms with van der Waals surface area (Å²) in [6.45, 7) is 10.1. The molecule has 0 aromatic heterocycles. The minimum atomic E-state index is -3.81. The van der Waals surface area contributed by atoms with E-state index < -0.39 is 10.0 Å². The van der Waals surface area contributed by atoms with E-state index in [0.717, 1.165) is 17.5 Å². The number of nitrogens with one attached hydrogen (secondary N) is 2. The lowest BCUT2D eigenvalue weighted by molar-refractivity contribution is -0.115. The minimum Gasteiger partial charge on any atom is -0.325 e. The SMILES string of the molecule is CC[C@H](NCC(=O)Nc1cc(S(N)(=O)=O)cc(C)c1C)C(C)C. The number of hydrogen-bond donors (Lipinski definition) is 3. The van der Waals surface area contributed by atoms with Crippen molar-refractivity contribution >= 4 is 21.6 Å². The number of hydrogen-bond acceptors (Lipinski definition) is 4. The van der Waals surface area contributed by atoms with E-state index in [1.165, 1.54) is 12.1 Å². The standard InChI is InChI=1S/C16H27N3O3S/c1-6-14(10(2)3)18-9-16(20)19-15-8-13(23(17,21)22)7-11(4)12(15)5/h7-8,10,14,18H,6,9H2,1-5H3,(H,19,20)(H2,17,21,22)/t14-/m0/s1. The number of sulfonamides is 1. The number of nitrogens with two attached hydrogens (primary N) is 1. The highest BCUT2D eigenvalue weighted by atomic mass is 32.2. The zero-order chi connectivity index (χ0) is 17.8. The van der Waals surface area contributed by atoms with Crippen LogP contribution in [0.4, 0.5) is 5.69 Å². The molecule has 0 aliphatic heterocycles. The Kier molecular flexibility index (Phi) is 6.73. The van der Waals surface area contributed by atoms with Crippen LogP contribution in [0.2, 0.25) is 0 Å². The molecule has 1 atom stereocenters. The summed E-state index contributed by atoms with van der Waals surface area (Å²) in [6.07, 6.45) is 0.935. The van der Waals surface area contributed by atoms with Crippen molar-refractivity contribution in [2.45, 2.75) is 52.0 Å². The monoisotopic (exact) mass is 341 g/mol. The van der Waals surface area contributed by atoms with E-state index in [0.29, 0.717) is 11.6 Å². The van der Waals surface area contributed by atoms with Gasteiger partial charge in [-0.05, 0) is 49.4 Å². The van der Waals surface area contributed by atoms with Gasteiger partial charge in [0, 0.05) is 11.7 Å². The molecule has 6 nitrogen and oxygen atoms in total. The number of rotatable bonds is 7. The topological polar surface area (TPSA) is 101 Å². The Balaban J connectivity index is 2.88. The smallest absolute Gasteiger partial charge is 0.238 e. The first-order valence-corrected chi connectivity index (χ1v) is 9.28. The Hall–Kier alpha value is -1.44. The van der Waals surface area contributed by atoms with Gasteiger partial charge in [0.2, 0.25) is 15.9 Å². The molecule has 0 spiro atoms. The van der Waals surface area contributed by atoms with E-state index in [2.05, 4.69) is 31.4 Å². The molecule has 1 aromatic rings. The lowest BCUT2D eigenvalue weighted by Crippen LogP contribution is -2.38. The van der Waals surface area contributed by atoms with Crippen LogP contribution < -0.4 is 15.8 Å². The molecule has 7 heteroatoms. The molecule has 130 valence electrons. The van der Waals surface area contributed by atoms with E-state index in [-0.39, 0.29) is 23.4 Å². The van der Waals surface area contributed by atoms with Gasteiger partial charge in [-0.1, -0.05) is 20.8 Å². The summed E-state index contributed by atoms with van der Waals surface area (Å²) in [5.41, 5.74) is 2.05. The third-order valence-corrected chi connectivity index (χ3v) is 4.91. The Morgan fingerprint density at radius 3 is 2.35 bits per heavy atom. The molecule has 0 bridgehead atoms. The molecule has 0 fully saturated rings. The Morgan fingerprint density at radius 1 is 1.26 bits per heavy atom. The molecule has 1 amide bonds. The molecule has 1 rings (SSSR count). The van der Waals surface area contributed by atoms with Crippen LogP contribution in [0.25, 0.3) is 0 Å². The summed E-state index contributed by atoms with van der Waals surface area (Å²) in [7, 11) is -3.81. The van der Waals surface area contributed by atoms with Crippen molar-refractivity contribution in [3.05, 3.63) is 23.3 Å². The second-order valence-corrected chi connectivity index (χ2v) is 7.71. The van der Waals surface area contributed by atoms with Crippen molar-refractivity contribution in [1.29, 1.82) is 0 Å². The molecule has 4 N–H and O–H groups in total. The van der Waals surface area contributed by atoms with Crippen LogP contribution >= 0.6 is 0 Å². The molecule has 0 saturated carbocycles. The Labute approximate surface area is 138 Å². The van der Waals surface area contributed by atoms with Crippen molar-refractivity contribution in [3.63, 3.8) is 0 Å². The highest BCUT2D eigenvalue weighted by molar-refractivity contribution is 7.89. The third-order valence-electron chi connectivity index (χ3n) is 4.01. The molecule has 0 heterocycles. The number of carbonyl (C=O) groups excluding carboxylic acids is 1. The fourth-order valence-corrected chi connectivity index (χ4v) is 3.01. The van der Waals surface area contributed by atoms with Crippen molar-refractivity contribution in [2.75, 3.05) is 11.9 Å². The van der Waals surface area contributed by atoms with Crippen LogP contribution in [0.3, 0.4) is 0 Å².